The first-order valence-corrected chi connectivity index (χ1v) is 25.2. The minimum absolute atomic E-state index is 0.00720. The minimum atomic E-state index is -5.22. The van der Waals surface area contributed by atoms with Crippen molar-refractivity contribution in [3.8, 4) is 0 Å². The topological polar surface area (TPSA) is 270 Å². The Bertz CT molecular complexity index is 1530. The zero-order chi connectivity index (χ0) is 49.0. The molecule has 0 amide bonds. The smallest absolute Gasteiger partial charge is 0.462 e. The van der Waals surface area contributed by atoms with Crippen LogP contribution in [0.5, 0.6) is 0 Å². The van der Waals surface area contributed by atoms with Crippen molar-refractivity contribution in [2.24, 2.45) is 0 Å². The molecule has 0 heterocycles. The highest BCUT2D eigenvalue weighted by atomic mass is 31.2. The average molecular weight is 957 g/mol. The van der Waals surface area contributed by atoms with E-state index in [1.807, 2.05) is 0 Å². The summed E-state index contributed by atoms with van der Waals surface area (Å²) < 4.78 is 33.3. The molecular formula is C49H81O16P. The van der Waals surface area contributed by atoms with Crippen molar-refractivity contribution in [1.82, 2.24) is 0 Å². The van der Waals surface area contributed by atoms with E-state index >= 15 is 0 Å². The standard InChI is InChI=1S/C49H81O16P/c1-3-5-7-8-9-10-11-12-13-14-15-16-17-18-19-24-28-34-43(54)64-39(37-63-66(60,61)65-49-47(58)45(56)44(55)46(57)48(49)59)36-62-42(53)35-29-33-41(52)40(51)32-27-23-21-20-22-26-31-38(50)30-25-6-4-2/h9-10,12-13,15-16,20-23,26-27,31-32,38-41,44-52,55-59H,3-8,11,14,17-19,24-25,28-30,33-37H2,1-2H3,(H,60,61)/b10-9-,13-12-,16-15-,22-20-,23-21+,31-26+,32-27+/t38-,39-,40-,41-,44?,45-,46+,47-,48-,49?/m1/s1. The molecule has 0 saturated heterocycles. The van der Waals surface area contributed by atoms with Gasteiger partial charge in [-0.2, -0.15) is 0 Å². The molecule has 1 rings (SSSR count). The maximum absolute atomic E-state index is 12.8. The van der Waals surface area contributed by atoms with Crippen LogP contribution in [0.1, 0.15) is 136 Å². The van der Waals surface area contributed by atoms with Crippen LogP contribution in [0.3, 0.4) is 0 Å². The van der Waals surface area contributed by atoms with Crippen LogP contribution in [0.4, 0.5) is 0 Å². The lowest BCUT2D eigenvalue weighted by atomic mass is 9.85. The van der Waals surface area contributed by atoms with Crippen LogP contribution in [0.15, 0.2) is 85.1 Å². The highest BCUT2D eigenvalue weighted by Crippen LogP contribution is 2.47. The first-order valence-electron chi connectivity index (χ1n) is 23.7. The van der Waals surface area contributed by atoms with Crippen molar-refractivity contribution in [2.45, 2.75) is 197 Å². The third-order valence-corrected chi connectivity index (χ3v) is 11.6. The zero-order valence-electron chi connectivity index (χ0n) is 39.0. The van der Waals surface area contributed by atoms with Gasteiger partial charge in [0, 0.05) is 12.8 Å². The van der Waals surface area contributed by atoms with E-state index in [1.54, 1.807) is 42.5 Å². The molecule has 66 heavy (non-hydrogen) atoms. The molecule has 3 unspecified atom stereocenters. The second-order valence-electron chi connectivity index (χ2n) is 16.5. The van der Waals surface area contributed by atoms with Gasteiger partial charge in [-0.3, -0.25) is 18.6 Å². The number of phosphoric ester groups is 1. The predicted molar refractivity (Wildman–Crippen MR) is 253 cm³/mol. The van der Waals surface area contributed by atoms with Gasteiger partial charge in [0.15, 0.2) is 6.10 Å². The van der Waals surface area contributed by atoms with Crippen LogP contribution in [0.2, 0.25) is 0 Å². The normalized spacial score (nSPS) is 23.5. The Balaban J connectivity index is 2.63. The lowest BCUT2D eigenvalue weighted by Crippen LogP contribution is -2.64. The number of unbranched alkanes of at least 4 members (excludes halogenated alkanes) is 9. The molecular weight excluding hydrogens is 875 g/mol. The second kappa shape index (κ2) is 37.8. The summed E-state index contributed by atoms with van der Waals surface area (Å²) in [5.41, 5.74) is 0. The number of aliphatic hydroxyl groups excluding tert-OH is 8. The summed E-state index contributed by atoms with van der Waals surface area (Å²) in [6.45, 7) is 2.84. The molecule has 11 atom stereocenters. The third-order valence-electron chi connectivity index (χ3n) is 10.6. The minimum Gasteiger partial charge on any atom is -0.462 e. The van der Waals surface area contributed by atoms with Crippen LogP contribution in [-0.4, -0.2) is 132 Å². The van der Waals surface area contributed by atoms with E-state index in [9.17, 15) is 59.9 Å². The maximum atomic E-state index is 12.8. The first kappa shape index (κ1) is 60.9. The van der Waals surface area contributed by atoms with Gasteiger partial charge in [0.05, 0.1) is 24.9 Å². The van der Waals surface area contributed by atoms with Gasteiger partial charge in [-0.1, -0.05) is 144 Å². The van der Waals surface area contributed by atoms with Gasteiger partial charge < -0.3 is 55.2 Å². The van der Waals surface area contributed by atoms with Gasteiger partial charge in [-0.25, -0.2) is 4.57 Å². The van der Waals surface area contributed by atoms with Crippen LogP contribution in [0, 0.1) is 0 Å². The Morgan fingerprint density at radius 1 is 0.576 bits per heavy atom. The van der Waals surface area contributed by atoms with Crippen LogP contribution in [-0.2, 0) is 32.7 Å². The Labute approximate surface area is 392 Å². The Kier molecular flexibility index (Phi) is 34.9. The Morgan fingerprint density at radius 3 is 1.71 bits per heavy atom. The molecule has 0 aromatic heterocycles. The number of esters is 2. The van der Waals surface area contributed by atoms with Gasteiger partial charge in [-0.05, 0) is 64.2 Å². The molecule has 1 fully saturated rings. The number of ether oxygens (including phenoxy) is 2. The summed E-state index contributed by atoms with van der Waals surface area (Å²) in [6, 6.07) is 0. The molecule has 0 aliphatic heterocycles. The summed E-state index contributed by atoms with van der Waals surface area (Å²) in [4.78, 5) is 35.8. The van der Waals surface area contributed by atoms with E-state index in [4.69, 9.17) is 18.5 Å². The van der Waals surface area contributed by atoms with Gasteiger partial charge in [-0.15, -0.1) is 0 Å². The van der Waals surface area contributed by atoms with Crippen molar-refractivity contribution in [3.63, 3.8) is 0 Å². The van der Waals surface area contributed by atoms with Gasteiger partial charge in [0.1, 0.15) is 43.2 Å². The molecule has 0 aromatic carbocycles. The van der Waals surface area contributed by atoms with E-state index in [0.717, 1.165) is 64.2 Å². The Hall–Kier alpha value is -3.09. The number of rotatable bonds is 37. The average Bonchev–Trinajstić information content (AvgIpc) is 3.29. The van der Waals surface area contributed by atoms with E-state index in [-0.39, 0.29) is 25.7 Å². The number of hydrogen-bond donors (Lipinski definition) is 9. The lowest BCUT2D eigenvalue weighted by molar-refractivity contribution is -0.220. The predicted octanol–water partition coefficient (Wildman–Crippen LogP) is 6.19. The summed E-state index contributed by atoms with van der Waals surface area (Å²) >= 11 is 0. The number of allylic oxidation sites excluding steroid dienone is 12. The van der Waals surface area contributed by atoms with E-state index < -0.39 is 94.0 Å². The summed E-state index contributed by atoms with van der Waals surface area (Å²) in [5, 5.41) is 80.7. The number of carbonyl (C=O) groups excluding carboxylic acids is 2. The second-order valence-corrected chi connectivity index (χ2v) is 17.9. The highest BCUT2D eigenvalue weighted by Gasteiger charge is 2.51. The van der Waals surface area contributed by atoms with Crippen molar-refractivity contribution in [1.29, 1.82) is 0 Å². The summed E-state index contributed by atoms with van der Waals surface area (Å²) in [7, 11) is -5.22. The molecule has 0 spiro atoms. The van der Waals surface area contributed by atoms with E-state index in [1.165, 1.54) is 25.3 Å². The van der Waals surface area contributed by atoms with Crippen molar-refractivity contribution in [3.05, 3.63) is 85.1 Å². The maximum Gasteiger partial charge on any atom is 0.472 e. The van der Waals surface area contributed by atoms with Crippen molar-refractivity contribution >= 4 is 19.8 Å². The molecule has 378 valence electrons. The molecule has 0 aromatic rings. The SMILES string of the molecule is CCCCC/C=C\C/C=C\C/C=C\CCCCCCC(=O)O[C@H](COC(=O)CCC[C@@H](O)[C@H](O)/C=C/C=C/C=C\C=C\[C@H](O)CCCCC)COP(=O)(O)OC1[C@H](O)[C@H](O)C(O)[C@H](O)[C@H]1O. The van der Waals surface area contributed by atoms with E-state index in [0.29, 0.717) is 12.8 Å². The molecule has 1 aliphatic rings. The fourth-order valence-corrected chi connectivity index (χ4v) is 7.53. The zero-order valence-corrected chi connectivity index (χ0v) is 39.9. The molecule has 1 saturated carbocycles. The summed E-state index contributed by atoms with van der Waals surface area (Å²) in [6.07, 6.45) is 24.0. The molecule has 1 aliphatic carbocycles. The lowest BCUT2D eigenvalue weighted by Gasteiger charge is -2.41. The number of phosphoric acid groups is 1. The van der Waals surface area contributed by atoms with Crippen molar-refractivity contribution < 1.29 is 78.4 Å². The fourth-order valence-electron chi connectivity index (χ4n) is 6.56. The first-order chi connectivity index (χ1) is 31.6. The summed E-state index contributed by atoms with van der Waals surface area (Å²) in [5.74, 6) is -1.46. The van der Waals surface area contributed by atoms with Crippen LogP contribution >= 0.6 is 7.82 Å². The number of carbonyl (C=O) groups is 2. The number of aliphatic hydroxyl groups is 8. The highest BCUT2D eigenvalue weighted by molar-refractivity contribution is 7.47. The van der Waals surface area contributed by atoms with E-state index in [2.05, 4.69) is 50.3 Å². The van der Waals surface area contributed by atoms with Gasteiger partial charge in [0.2, 0.25) is 0 Å². The molecule has 9 N–H and O–H groups in total. The van der Waals surface area contributed by atoms with Gasteiger partial charge in [0.25, 0.3) is 0 Å². The van der Waals surface area contributed by atoms with Crippen LogP contribution in [0.25, 0.3) is 0 Å². The third kappa shape index (κ3) is 29.6. The quantitative estimate of drug-likeness (QED) is 0.0110. The monoisotopic (exact) mass is 957 g/mol. The molecule has 0 bridgehead atoms. The molecule has 16 nitrogen and oxygen atoms in total. The fraction of sp³-hybridized carbons (Fsp3) is 0.673. The van der Waals surface area contributed by atoms with Gasteiger partial charge >= 0.3 is 19.8 Å². The van der Waals surface area contributed by atoms with Crippen LogP contribution < -0.4 is 0 Å². The van der Waals surface area contributed by atoms with Crippen molar-refractivity contribution in [2.75, 3.05) is 13.2 Å². The Morgan fingerprint density at radius 2 is 1.09 bits per heavy atom. The molecule has 17 heteroatoms. The number of hydrogen-bond acceptors (Lipinski definition) is 15. The largest absolute Gasteiger partial charge is 0.472 e. The molecule has 0 radical (unpaired) electrons.